The predicted molar refractivity (Wildman–Crippen MR) is 75.3 cm³/mol. The normalized spacial score (nSPS) is 12.5. The second-order valence-corrected chi connectivity index (χ2v) is 6.32. The van der Waals surface area contributed by atoms with Crippen molar-refractivity contribution in [3.05, 3.63) is 27.1 Å². The van der Waals surface area contributed by atoms with Crippen molar-refractivity contribution in [1.82, 2.24) is 5.32 Å². The standard InChI is InChI=1S/C12H16N2O6S/c1-12(2,3)20-11(17)13-7(6-10(15)16)8-4-5-9(21-8)14(18)19/h4-5,7H,6H2,1-3H3,(H,13,17)(H,15,16)/t7-/m1/s1. The van der Waals surface area contributed by atoms with Gasteiger partial charge in [0.15, 0.2) is 0 Å². The van der Waals surface area contributed by atoms with Crippen LogP contribution in [0.15, 0.2) is 12.1 Å². The summed E-state index contributed by atoms with van der Waals surface area (Å²) in [4.78, 5) is 33.0. The van der Waals surface area contributed by atoms with E-state index in [-0.39, 0.29) is 5.00 Å². The zero-order chi connectivity index (χ0) is 16.2. The maximum absolute atomic E-state index is 11.7. The van der Waals surface area contributed by atoms with Crippen molar-refractivity contribution in [3.8, 4) is 0 Å². The van der Waals surface area contributed by atoms with Gasteiger partial charge in [0.2, 0.25) is 0 Å². The summed E-state index contributed by atoms with van der Waals surface area (Å²) in [6.07, 6.45) is -1.17. The Morgan fingerprint density at radius 1 is 1.48 bits per heavy atom. The maximum Gasteiger partial charge on any atom is 0.408 e. The van der Waals surface area contributed by atoms with E-state index < -0.39 is 35.0 Å². The lowest BCUT2D eigenvalue weighted by Crippen LogP contribution is -2.35. The summed E-state index contributed by atoms with van der Waals surface area (Å²) in [5.74, 6) is -1.13. The number of carbonyl (C=O) groups is 2. The molecule has 21 heavy (non-hydrogen) atoms. The molecule has 0 aliphatic carbocycles. The molecule has 1 atom stereocenters. The number of carboxylic acids is 1. The first-order chi connectivity index (χ1) is 9.58. The second-order valence-electron chi connectivity index (χ2n) is 5.23. The van der Waals surface area contributed by atoms with E-state index in [2.05, 4.69) is 5.32 Å². The Hall–Kier alpha value is -2.16. The molecule has 0 bridgehead atoms. The van der Waals surface area contributed by atoms with E-state index in [4.69, 9.17) is 9.84 Å². The van der Waals surface area contributed by atoms with Gasteiger partial charge in [-0.1, -0.05) is 11.3 Å². The average molecular weight is 316 g/mol. The van der Waals surface area contributed by atoms with Crippen molar-refractivity contribution in [1.29, 1.82) is 0 Å². The zero-order valence-corrected chi connectivity index (χ0v) is 12.6. The van der Waals surface area contributed by atoms with Gasteiger partial charge < -0.3 is 15.2 Å². The SMILES string of the molecule is CC(C)(C)OC(=O)N[C@H](CC(=O)O)c1ccc([N+](=O)[O-])s1. The highest BCUT2D eigenvalue weighted by Crippen LogP contribution is 2.30. The number of hydrogen-bond donors (Lipinski definition) is 2. The fraction of sp³-hybridized carbons (Fsp3) is 0.500. The summed E-state index contributed by atoms with van der Waals surface area (Å²) in [5.41, 5.74) is -0.723. The molecule has 0 unspecified atom stereocenters. The average Bonchev–Trinajstić information content (AvgIpc) is 2.73. The van der Waals surface area contributed by atoms with Crippen LogP contribution in [0.3, 0.4) is 0 Å². The van der Waals surface area contributed by atoms with Crippen molar-refractivity contribution >= 4 is 28.4 Å². The van der Waals surface area contributed by atoms with Crippen LogP contribution in [0.25, 0.3) is 0 Å². The van der Waals surface area contributed by atoms with Crippen molar-refractivity contribution in [2.24, 2.45) is 0 Å². The zero-order valence-electron chi connectivity index (χ0n) is 11.8. The van der Waals surface area contributed by atoms with Gasteiger partial charge >= 0.3 is 17.1 Å². The first-order valence-electron chi connectivity index (χ1n) is 6.04. The molecule has 1 aromatic heterocycles. The molecular formula is C12H16N2O6S. The summed E-state index contributed by atoms with van der Waals surface area (Å²) < 4.78 is 5.05. The smallest absolute Gasteiger partial charge is 0.408 e. The van der Waals surface area contributed by atoms with E-state index in [1.54, 1.807) is 20.8 Å². The number of ether oxygens (including phenoxy) is 1. The first-order valence-corrected chi connectivity index (χ1v) is 6.85. The largest absolute Gasteiger partial charge is 0.481 e. The molecule has 1 aromatic rings. The van der Waals surface area contributed by atoms with Gasteiger partial charge in [-0.15, -0.1) is 0 Å². The molecule has 1 rings (SSSR count). The van der Waals surface area contributed by atoms with Crippen LogP contribution in [0.4, 0.5) is 9.80 Å². The number of carboxylic acid groups (broad SMARTS) is 1. The van der Waals surface area contributed by atoms with Gasteiger partial charge in [0.25, 0.3) is 0 Å². The van der Waals surface area contributed by atoms with Crippen LogP contribution in [0, 0.1) is 10.1 Å². The lowest BCUT2D eigenvalue weighted by atomic mass is 10.1. The number of aliphatic carboxylic acids is 1. The molecule has 0 saturated heterocycles. The van der Waals surface area contributed by atoms with E-state index in [0.29, 0.717) is 4.88 Å². The minimum Gasteiger partial charge on any atom is -0.481 e. The topological polar surface area (TPSA) is 119 Å². The number of thiophene rings is 1. The van der Waals surface area contributed by atoms with Crippen LogP contribution in [-0.2, 0) is 9.53 Å². The van der Waals surface area contributed by atoms with E-state index >= 15 is 0 Å². The van der Waals surface area contributed by atoms with Crippen LogP contribution in [0.1, 0.15) is 38.1 Å². The Balaban J connectivity index is 2.87. The Labute approximate surface area is 124 Å². The number of nitrogens with zero attached hydrogens (tertiary/aromatic N) is 1. The number of hydrogen-bond acceptors (Lipinski definition) is 6. The molecule has 8 nitrogen and oxygen atoms in total. The minimum absolute atomic E-state index is 0.119. The second kappa shape index (κ2) is 6.53. The summed E-state index contributed by atoms with van der Waals surface area (Å²) in [6.45, 7) is 5.03. The third kappa shape index (κ3) is 5.78. The van der Waals surface area contributed by atoms with Crippen LogP contribution in [-0.4, -0.2) is 27.7 Å². The molecule has 1 amide bonds. The molecule has 1 heterocycles. The highest BCUT2D eigenvalue weighted by molar-refractivity contribution is 7.15. The monoisotopic (exact) mass is 316 g/mol. The van der Waals surface area contributed by atoms with Crippen molar-refractivity contribution < 1.29 is 24.4 Å². The molecule has 0 aliphatic rings. The molecule has 9 heteroatoms. The van der Waals surface area contributed by atoms with Crippen LogP contribution >= 0.6 is 11.3 Å². The summed E-state index contributed by atoms with van der Waals surface area (Å²) in [7, 11) is 0. The molecule has 0 saturated carbocycles. The van der Waals surface area contributed by atoms with Crippen LogP contribution in [0.2, 0.25) is 0 Å². The van der Waals surface area contributed by atoms with Crippen molar-refractivity contribution in [2.75, 3.05) is 0 Å². The Morgan fingerprint density at radius 3 is 2.52 bits per heavy atom. The Kier molecular flexibility index (Phi) is 5.25. The van der Waals surface area contributed by atoms with Gasteiger partial charge in [0.05, 0.1) is 17.4 Å². The van der Waals surface area contributed by atoms with Gasteiger partial charge in [0.1, 0.15) is 5.60 Å². The van der Waals surface area contributed by atoms with E-state index in [9.17, 15) is 19.7 Å². The third-order valence-corrected chi connectivity index (χ3v) is 3.36. The fourth-order valence-corrected chi connectivity index (χ4v) is 2.35. The number of alkyl carbamates (subject to hydrolysis) is 1. The molecule has 0 spiro atoms. The van der Waals surface area contributed by atoms with Gasteiger partial charge in [-0.25, -0.2) is 4.79 Å². The van der Waals surface area contributed by atoms with Crippen molar-refractivity contribution in [3.63, 3.8) is 0 Å². The van der Waals surface area contributed by atoms with Crippen molar-refractivity contribution in [2.45, 2.75) is 38.8 Å². The fourth-order valence-electron chi connectivity index (χ4n) is 1.47. The number of amides is 1. The Morgan fingerprint density at radius 2 is 2.10 bits per heavy atom. The highest BCUT2D eigenvalue weighted by atomic mass is 32.1. The van der Waals surface area contributed by atoms with E-state index in [0.717, 1.165) is 11.3 Å². The van der Waals surface area contributed by atoms with Gasteiger partial charge in [-0.2, -0.15) is 0 Å². The third-order valence-electron chi connectivity index (χ3n) is 2.21. The Bertz CT molecular complexity index is 548. The number of rotatable bonds is 5. The van der Waals surface area contributed by atoms with Crippen LogP contribution in [0.5, 0.6) is 0 Å². The predicted octanol–water partition coefficient (Wildman–Crippen LogP) is 2.70. The highest BCUT2D eigenvalue weighted by Gasteiger charge is 2.25. The van der Waals surface area contributed by atoms with Crippen LogP contribution < -0.4 is 5.32 Å². The maximum atomic E-state index is 11.7. The molecule has 0 fully saturated rings. The molecule has 2 N–H and O–H groups in total. The minimum atomic E-state index is -1.13. The summed E-state index contributed by atoms with van der Waals surface area (Å²) in [6, 6.07) is 1.82. The summed E-state index contributed by atoms with van der Waals surface area (Å²) >= 11 is 0.818. The van der Waals surface area contributed by atoms with Gasteiger partial charge in [-0.05, 0) is 26.8 Å². The molecule has 0 radical (unpaired) electrons. The lowest BCUT2D eigenvalue weighted by molar-refractivity contribution is -0.380. The van der Waals surface area contributed by atoms with E-state index in [1.807, 2.05) is 0 Å². The molecule has 0 aliphatic heterocycles. The number of nitro groups is 1. The lowest BCUT2D eigenvalue weighted by Gasteiger charge is -2.22. The number of carbonyl (C=O) groups excluding carboxylic acids is 1. The first kappa shape index (κ1) is 16.9. The quantitative estimate of drug-likeness (QED) is 0.636. The molecule has 0 aromatic carbocycles. The van der Waals surface area contributed by atoms with Gasteiger partial charge in [0, 0.05) is 10.9 Å². The number of nitrogens with one attached hydrogen (secondary N) is 1. The summed E-state index contributed by atoms with van der Waals surface area (Å²) in [5, 5.41) is 21.8. The van der Waals surface area contributed by atoms with Gasteiger partial charge in [-0.3, -0.25) is 14.9 Å². The van der Waals surface area contributed by atoms with E-state index in [1.165, 1.54) is 12.1 Å². The molecule has 116 valence electrons. The molecular weight excluding hydrogens is 300 g/mol.